The molecular weight excluding hydrogens is 460 g/mol. The normalized spacial score (nSPS) is 104. The summed E-state index contributed by atoms with van der Waals surface area (Å²) in [6, 6.07) is 1.60. The molecule has 130 valence electrons. The Labute approximate surface area is 145 Å². The second-order valence-corrected chi connectivity index (χ2v) is 39.6. The molecule has 10 fully saturated rings. The first-order valence-corrected chi connectivity index (χ1v) is 17.0. The van der Waals surface area contributed by atoms with Crippen molar-refractivity contribution in [3.05, 3.63) is 0 Å². The first-order chi connectivity index (χ1) is 10.4. The minimum absolute atomic E-state index is 0.637. The van der Waals surface area contributed by atoms with Gasteiger partial charge in [0.1, 0.15) is 0 Å². The van der Waals surface area contributed by atoms with Gasteiger partial charge in [-0.3, -0.25) is 0 Å². The average molecular weight is 486 g/mol. The van der Waals surface area contributed by atoms with Crippen molar-refractivity contribution in [1.29, 1.82) is 0 Å². The molecule has 0 aromatic carbocycles. The Bertz CT molecular complexity index is 1220. The summed E-state index contributed by atoms with van der Waals surface area (Å²) in [4.78, 5) is 12.7. The minimum atomic E-state index is -3.67. The Morgan fingerprint density at radius 3 is 1.35 bits per heavy atom. The maximum atomic E-state index is 4.74. The van der Waals surface area contributed by atoms with Crippen LogP contribution in [0.5, 0.6) is 0 Å². The molecule has 5 heteroatoms. The SMILES string of the molecule is CC(N(C)C)[C]12[CH]3[CH]4[C]5(C(C)N(C)C)[C]1(Br)[Fe]34251678[CH]2[CH]1[CH]6[C]7(Br)[CH]28. The zero-order valence-electron chi connectivity index (χ0n) is 14.6. The van der Waals surface area contributed by atoms with Crippen molar-refractivity contribution in [3.8, 4) is 0 Å². The molecule has 1 spiro atoms. The van der Waals surface area contributed by atoms with E-state index in [4.69, 9.17) is 15.9 Å². The fraction of sp³-hybridized carbons (Fsp3) is 1.00. The van der Waals surface area contributed by atoms with E-state index < -0.39 is 6.51 Å². The van der Waals surface area contributed by atoms with E-state index in [1.807, 2.05) is 0 Å². The van der Waals surface area contributed by atoms with E-state index in [9.17, 15) is 0 Å². The molecule has 10 unspecified atom stereocenters. The van der Waals surface area contributed by atoms with Crippen LogP contribution in [0.25, 0.3) is 0 Å². The van der Waals surface area contributed by atoms with Gasteiger partial charge < -0.3 is 0 Å². The van der Waals surface area contributed by atoms with E-state index in [-0.39, 0.29) is 0 Å². The molecule has 0 aromatic heterocycles. The zero-order valence-corrected chi connectivity index (χ0v) is 18.9. The van der Waals surface area contributed by atoms with E-state index in [1.54, 1.807) is 0 Å². The number of hydrogen-bond acceptors (Lipinski definition) is 2. The van der Waals surface area contributed by atoms with E-state index in [2.05, 4.69) is 67.8 Å². The van der Waals surface area contributed by atoms with Crippen LogP contribution in [0.3, 0.4) is 0 Å². The van der Waals surface area contributed by atoms with Gasteiger partial charge in [0.25, 0.3) is 0 Å². The molecular formula is C18H26Br2FeN2. The van der Waals surface area contributed by atoms with Gasteiger partial charge in [0.15, 0.2) is 0 Å². The number of halogens is 2. The summed E-state index contributed by atoms with van der Waals surface area (Å²) in [6.07, 6.45) is 0. The molecule has 10 aliphatic heterocycles. The molecule has 0 aromatic rings. The molecule has 10 heterocycles. The van der Waals surface area contributed by atoms with Gasteiger partial charge in [0, 0.05) is 0 Å². The fourth-order valence-electron chi connectivity index (χ4n) is 20.1. The molecule has 10 saturated heterocycles. The van der Waals surface area contributed by atoms with E-state index >= 15 is 0 Å². The van der Waals surface area contributed by atoms with Crippen LogP contribution in [-0.2, 0) is 6.51 Å². The third-order valence-corrected chi connectivity index (χ3v) is 76.2. The average Bonchev–Trinajstić information content (AvgIpc) is 3.43. The third kappa shape index (κ3) is 0.141. The molecule has 10 aliphatic rings. The Balaban J connectivity index is 1.50. The molecule has 10 rings (SSSR count). The number of nitrogens with zero attached hydrogens (tertiary/aromatic N) is 2. The van der Waals surface area contributed by atoms with Crippen LogP contribution in [0.15, 0.2) is 0 Å². The Morgan fingerprint density at radius 2 is 1.17 bits per heavy atom. The van der Waals surface area contributed by atoms with Crippen molar-refractivity contribution in [2.45, 2.75) is 69.9 Å². The van der Waals surface area contributed by atoms with Gasteiger partial charge in [-0.05, 0) is 0 Å². The number of hydrogen-bond donors (Lipinski definition) is 0. The fourth-order valence-corrected chi connectivity index (χ4v) is 126. The second kappa shape index (κ2) is 1.16. The van der Waals surface area contributed by atoms with Crippen molar-refractivity contribution in [3.63, 3.8) is 0 Å². The van der Waals surface area contributed by atoms with Crippen molar-refractivity contribution < 1.29 is 6.51 Å². The summed E-state index contributed by atoms with van der Waals surface area (Å²) in [5, 5.41) is 0. The topological polar surface area (TPSA) is 6.48 Å². The summed E-state index contributed by atoms with van der Waals surface area (Å²) in [5.41, 5.74) is 0. The molecule has 0 saturated carbocycles. The quantitative estimate of drug-likeness (QED) is 0.423. The summed E-state index contributed by atoms with van der Waals surface area (Å²) in [5.74, 6) is 0. The summed E-state index contributed by atoms with van der Waals surface area (Å²) in [6.45, 7) is 1.54. The van der Waals surface area contributed by atoms with E-state index in [1.165, 1.54) is 28.9 Å². The van der Waals surface area contributed by atoms with Crippen molar-refractivity contribution in [2.75, 3.05) is 28.2 Å². The van der Waals surface area contributed by atoms with Crippen molar-refractivity contribution in [1.82, 2.24) is 9.80 Å². The van der Waals surface area contributed by atoms with E-state index in [0.29, 0.717) is 3.22 Å². The van der Waals surface area contributed by atoms with Gasteiger partial charge >= 0.3 is 146 Å². The van der Waals surface area contributed by atoms with Crippen molar-refractivity contribution in [2.24, 2.45) is 0 Å². The van der Waals surface area contributed by atoms with Crippen LogP contribution in [0.4, 0.5) is 0 Å². The molecule has 23 heavy (non-hydrogen) atoms. The first kappa shape index (κ1) is 12.0. The van der Waals surface area contributed by atoms with Gasteiger partial charge in [-0.2, -0.15) is 0 Å². The molecule has 2 nitrogen and oxygen atoms in total. The standard InChI is InChI=1S/C13H22BrN2.C5H4Br.Fe/c1-9(15(3)4)11-7-8-12(13(11)14)10(2)16(5)6;6-5-3-1-2-4-5;/h7-10H,1-6H3;1-4H;. The Hall–Kier alpha value is 1.40. The van der Waals surface area contributed by atoms with E-state index in [0.717, 1.165) is 23.9 Å². The van der Waals surface area contributed by atoms with Crippen LogP contribution in [0.2, 0.25) is 37.5 Å². The van der Waals surface area contributed by atoms with Crippen LogP contribution in [-0.4, -0.2) is 56.5 Å². The van der Waals surface area contributed by atoms with Crippen LogP contribution in [0.1, 0.15) is 13.8 Å². The number of fused-ring (bicyclic) bond motifs is 10. The molecule has 0 aliphatic carbocycles. The summed E-state index contributed by atoms with van der Waals surface area (Å²) < 4.78 is 2.91. The summed E-state index contributed by atoms with van der Waals surface area (Å²) >= 11 is 9.34. The molecule has 10 atom stereocenters. The Kier molecular flexibility index (Phi) is 0.606. The second-order valence-electron chi connectivity index (χ2n) is 13.1. The van der Waals surface area contributed by atoms with Gasteiger partial charge in [-0.25, -0.2) is 0 Å². The maximum absolute atomic E-state index is 4.74. The molecule has 0 amide bonds. The van der Waals surface area contributed by atoms with Crippen LogP contribution in [0, 0.1) is 0 Å². The van der Waals surface area contributed by atoms with Crippen LogP contribution < -0.4 is 0 Å². The predicted molar refractivity (Wildman–Crippen MR) is 97.5 cm³/mol. The van der Waals surface area contributed by atoms with Gasteiger partial charge in [-0.15, -0.1) is 0 Å². The summed E-state index contributed by atoms with van der Waals surface area (Å²) in [7, 11) is 9.43. The van der Waals surface area contributed by atoms with Crippen molar-refractivity contribution >= 4 is 31.9 Å². The van der Waals surface area contributed by atoms with Gasteiger partial charge in [0.05, 0.1) is 0 Å². The number of alkyl halides is 2. The predicted octanol–water partition coefficient (Wildman–Crippen LogP) is 4.62. The number of rotatable bonds is 4. The Morgan fingerprint density at radius 1 is 0.783 bits per heavy atom. The first-order valence-electron chi connectivity index (χ1n) is 9.34. The monoisotopic (exact) mass is 484 g/mol. The van der Waals surface area contributed by atoms with Gasteiger partial charge in [0.2, 0.25) is 0 Å². The molecule has 0 bridgehead atoms. The zero-order chi connectivity index (χ0) is 16.1. The molecule has 0 radical (unpaired) electrons. The van der Waals surface area contributed by atoms with Gasteiger partial charge in [-0.1, -0.05) is 0 Å². The third-order valence-electron chi connectivity index (χ3n) is 17.8. The van der Waals surface area contributed by atoms with Crippen LogP contribution >= 0.6 is 31.9 Å². The molecule has 0 N–H and O–H groups in total.